The van der Waals surface area contributed by atoms with Crippen molar-refractivity contribution in [1.29, 1.82) is 0 Å². The highest BCUT2D eigenvalue weighted by molar-refractivity contribution is 5.80. The van der Waals surface area contributed by atoms with E-state index in [9.17, 15) is 4.79 Å². The van der Waals surface area contributed by atoms with Gasteiger partial charge in [-0.25, -0.2) is 4.68 Å². The van der Waals surface area contributed by atoms with Crippen molar-refractivity contribution >= 4 is 10.9 Å². The molecular weight excluding hydrogens is 454 g/mol. The SMILES string of the molecule is COc1ccc2cc([C@H](c3nnnn3C3CCCC3)N3CCN(C4CCCCC4)CC3)c(=O)[nH]c2c1. The van der Waals surface area contributed by atoms with Gasteiger partial charge in [-0.3, -0.25) is 14.6 Å². The summed E-state index contributed by atoms with van der Waals surface area (Å²) in [7, 11) is 1.64. The van der Waals surface area contributed by atoms with Gasteiger partial charge in [0.1, 0.15) is 11.8 Å². The van der Waals surface area contributed by atoms with E-state index in [1.807, 2.05) is 28.9 Å². The summed E-state index contributed by atoms with van der Waals surface area (Å²) in [5, 5.41) is 14.1. The van der Waals surface area contributed by atoms with Gasteiger partial charge >= 0.3 is 0 Å². The van der Waals surface area contributed by atoms with E-state index >= 15 is 0 Å². The van der Waals surface area contributed by atoms with Gasteiger partial charge in [0.15, 0.2) is 5.82 Å². The molecule has 3 aromatic rings. The molecule has 1 saturated heterocycles. The number of hydrogen-bond donors (Lipinski definition) is 1. The Labute approximate surface area is 211 Å². The quantitative estimate of drug-likeness (QED) is 0.562. The first-order valence-corrected chi connectivity index (χ1v) is 13.7. The third-order valence-electron chi connectivity index (χ3n) is 8.61. The summed E-state index contributed by atoms with van der Waals surface area (Å²) in [6.07, 6.45) is 11.3. The van der Waals surface area contributed by atoms with Gasteiger partial charge < -0.3 is 9.72 Å². The molecule has 9 nitrogen and oxygen atoms in total. The van der Waals surface area contributed by atoms with E-state index in [1.165, 1.54) is 44.9 Å². The van der Waals surface area contributed by atoms with Crippen LogP contribution in [0.3, 0.4) is 0 Å². The normalized spacial score (nSPS) is 21.8. The molecule has 192 valence electrons. The Hall–Kier alpha value is -2.78. The number of nitrogens with one attached hydrogen (secondary N) is 1. The minimum absolute atomic E-state index is 0.0866. The lowest BCUT2D eigenvalue weighted by atomic mass is 9.93. The predicted octanol–water partition coefficient (Wildman–Crippen LogP) is 3.68. The minimum atomic E-state index is -0.274. The molecule has 1 aliphatic heterocycles. The number of pyridine rings is 1. The fourth-order valence-electron chi connectivity index (χ4n) is 6.62. The Morgan fingerprint density at radius 1 is 0.944 bits per heavy atom. The zero-order valence-electron chi connectivity index (χ0n) is 21.2. The molecule has 3 fully saturated rings. The van der Waals surface area contributed by atoms with Crippen molar-refractivity contribution in [2.75, 3.05) is 33.3 Å². The number of ether oxygens (including phenoxy) is 1. The van der Waals surface area contributed by atoms with E-state index in [2.05, 4.69) is 30.3 Å². The average molecular weight is 492 g/mol. The zero-order valence-corrected chi connectivity index (χ0v) is 21.2. The van der Waals surface area contributed by atoms with Crippen LogP contribution in [0, 0.1) is 0 Å². The summed E-state index contributed by atoms with van der Waals surface area (Å²) < 4.78 is 7.38. The molecule has 1 atom stereocenters. The number of piperazine rings is 1. The van der Waals surface area contributed by atoms with Gasteiger partial charge in [0, 0.05) is 43.9 Å². The van der Waals surface area contributed by atoms with Crippen LogP contribution in [0.5, 0.6) is 5.75 Å². The molecule has 36 heavy (non-hydrogen) atoms. The van der Waals surface area contributed by atoms with Crippen molar-refractivity contribution < 1.29 is 4.74 Å². The number of H-pyrrole nitrogens is 1. The lowest BCUT2D eigenvalue weighted by Gasteiger charge is -2.43. The van der Waals surface area contributed by atoms with Crippen LogP contribution in [0.2, 0.25) is 0 Å². The molecule has 3 aliphatic rings. The number of methoxy groups -OCH3 is 1. The van der Waals surface area contributed by atoms with Crippen molar-refractivity contribution in [3.8, 4) is 5.75 Å². The van der Waals surface area contributed by atoms with Crippen molar-refractivity contribution in [2.24, 2.45) is 0 Å². The molecule has 0 bridgehead atoms. The van der Waals surface area contributed by atoms with Gasteiger partial charge in [-0.2, -0.15) is 0 Å². The maximum absolute atomic E-state index is 13.5. The van der Waals surface area contributed by atoms with Crippen molar-refractivity contribution in [2.45, 2.75) is 75.9 Å². The highest BCUT2D eigenvalue weighted by Crippen LogP contribution is 2.35. The number of benzene rings is 1. The zero-order chi connectivity index (χ0) is 24.5. The topological polar surface area (TPSA) is 92.2 Å². The Kier molecular flexibility index (Phi) is 6.75. The lowest BCUT2D eigenvalue weighted by Crippen LogP contribution is -2.52. The van der Waals surface area contributed by atoms with Gasteiger partial charge in [0.05, 0.1) is 18.7 Å². The summed E-state index contributed by atoms with van der Waals surface area (Å²) in [5.41, 5.74) is 1.41. The number of rotatable bonds is 6. The predicted molar refractivity (Wildman–Crippen MR) is 138 cm³/mol. The molecule has 0 amide bonds. The summed E-state index contributed by atoms with van der Waals surface area (Å²) in [4.78, 5) is 21.8. The molecule has 2 saturated carbocycles. The molecule has 1 aromatic carbocycles. The van der Waals surface area contributed by atoms with E-state index in [-0.39, 0.29) is 11.6 Å². The number of tetrazole rings is 1. The maximum Gasteiger partial charge on any atom is 0.253 e. The minimum Gasteiger partial charge on any atom is -0.497 e. The Balaban J connectivity index is 1.36. The summed E-state index contributed by atoms with van der Waals surface area (Å²) >= 11 is 0. The van der Waals surface area contributed by atoms with Crippen LogP contribution < -0.4 is 10.3 Å². The highest BCUT2D eigenvalue weighted by Gasteiger charge is 2.35. The van der Waals surface area contributed by atoms with Gasteiger partial charge in [-0.1, -0.05) is 32.1 Å². The second-order valence-corrected chi connectivity index (χ2v) is 10.7. The van der Waals surface area contributed by atoms with Crippen LogP contribution in [0.1, 0.15) is 81.3 Å². The number of aromatic nitrogens is 5. The molecule has 6 rings (SSSR count). The first-order chi connectivity index (χ1) is 17.7. The summed E-state index contributed by atoms with van der Waals surface area (Å²) in [6.45, 7) is 3.85. The standard InChI is InChI=1S/C27H37N7O2/c1-36-22-12-11-19-17-23(27(35)28-24(19)18-22)25(26-29-30-31-34(26)21-9-5-6-10-21)33-15-13-32(14-16-33)20-7-3-2-4-8-20/h11-12,17-18,20-21,25H,2-10,13-16H2,1H3,(H,28,35)/t25-/m1/s1. The maximum atomic E-state index is 13.5. The third kappa shape index (κ3) is 4.54. The first kappa shape index (κ1) is 23.6. The smallest absolute Gasteiger partial charge is 0.253 e. The summed E-state index contributed by atoms with van der Waals surface area (Å²) in [5.74, 6) is 1.53. The molecule has 2 aliphatic carbocycles. The second-order valence-electron chi connectivity index (χ2n) is 10.7. The van der Waals surface area contributed by atoms with Gasteiger partial charge in [0.25, 0.3) is 5.56 Å². The van der Waals surface area contributed by atoms with E-state index < -0.39 is 0 Å². The van der Waals surface area contributed by atoms with Crippen LogP contribution in [0.4, 0.5) is 0 Å². The van der Waals surface area contributed by atoms with Gasteiger partial charge in [-0.05, 0) is 59.7 Å². The van der Waals surface area contributed by atoms with Crippen LogP contribution in [0.25, 0.3) is 10.9 Å². The van der Waals surface area contributed by atoms with Gasteiger partial charge in [0.2, 0.25) is 0 Å². The summed E-state index contributed by atoms with van der Waals surface area (Å²) in [6, 6.07) is 8.59. The number of aromatic amines is 1. The molecule has 9 heteroatoms. The first-order valence-electron chi connectivity index (χ1n) is 13.7. The Morgan fingerprint density at radius 3 is 2.42 bits per heavy atom. The molecule has 0 unspecified atom stereocenters. The largest absolute Gasteiger partial charge is 0.497 e. The molecule has 1 N–H and O–H groups in total. The van der Waals surface area contributed by atoms with E-state index in [0.717, 1.165) is 61.5 Å². The lowest BCUT2D eigenvalue weighted by molar-refractivity contribution is 0.0613. The fraction of sp³-hybridized carbons (Fsp3) is 0.630. The number of hydrogen-bond acceptors (Lipinski definition) is 7. The third-order valence-corrected chi connectivity index (χ3v) is 8.61. The van der Waals surface area contributed by atoms with Crippen LogP contribution in [-0.4, -0.2) is 74.3 Å². The Bertz CT molecular complexity index is 1230. The average Bonchev–Trinajstić information content (AvgIpc) is 3.62. The van der Waals surface area contributed by atoms with E-state index in [0.29, 0.717) is 17.6 Å². The monoisotopic (exact) mass is 491 g/mol. The van der Waals surface area contributed by atoms with Crippen molar-refractivity contribution in [1.82, 2.24) is 35.0 Å². The van der Waals surface area contributed by atoms with Crippen molar-refractivity contribution in [3.63, 3.8) is 0 Å². The van der Waals surface area contributed by atoms with Gasteiger partial charge in [-0.15, -0.1) is 5.10 Å². The molecule has 3 heterocycles. The number of nitrogens with zero attached hydrogens (tertiary/aromatic N) is 6. The molecule has 0 radical (unpaired) electrons. The highest BCUT2D eigenvalue weighted by atomic mass is 16.5. The Morgan fingerprint density at radius 2 is 1.67 bits per heavy atom. The molecular formula is C27H37N7O2. The van der Waals surface area contributed by atoms with Crippen LogP contribution in [0.15, 0.2) is 29.1 Å². The number of fused-ring (bicyclic) bond motifs is 1. The van der Waals surface area contributed by atoms with Crippen LogP contribution >= 0.6 is 0 Å². The van der Waals surface area contributed by atoms with E-state index in [1.54, 1.807) is 7.11 Å². The van der Waals surface area contributed by atoms with Crippen molar-refractivity contribution in [3.05, 3.63) is 46.0 Å². The second kappa shape index (κ2) is 10.3. The fourth-order valence-corrected chi connectivity index (χ4v) is 6.62. The molecule has 2 aromatic heterocycles. The van der Waals surface area contributed by atoms with Crippen LogP contribution in [-0.2, 0) is 0 Å². The van der Waals surface area contributed by atoms with E-state index in [4.69, 9.17) is 4.74 Å². The molecule has 0 spiro atoms.